The van der Waals surface area contributed by atoms with E-state index in [1.807, 2.05) is 66.7 Å². The number of hydrogen-bond donors (Lipinski definition) is 1. The number of carbonyl (C=O) groups is 1. The van der Waals surface area contributed by atoms with Gasteiger partial charge >= 0.3 is 0 Å². The summed E-state index contributed by atoms with van der Waals surface area (Å²) < 4.78 is 5.79. The summed E-state index contributed by atoms with van der Waals surface area (Å²) in [5.41, 5.74) is 5.30. The second-order valence-corrected chi connectivity index (χ2v) is 6.33. The van der Waals surface area contributed by atoms with Gasteiger partial charge in [0.05, 0.1) is 12.6 Å². The van der Waals surface area contributed by atoms with E-state index in [1.54, 1.807) is 18.3 Å². The summed E-state index contributed by atoms with van der Waals surface area (Å²) in [6.07, 6.45) is 1.87. The van der Waals surface area contributed by atoms with Crippen LogP contribution < -0.4 is 10.2 Å². The van der Waals surface area contributed by atoms with E-state index >= 15 is 0 Å². The molecule has 0 fully saturated rings. The van der Waals surface area contributed by atoms with E-state index in [0.717, 1.165) is 22.4 Å². The number of para-hydroxylation sites is 1. The van der Waals surface area contributed by atoms with Crippen molar-refractivity contribution < 1.29 is 9.53 Å². The number of hydrazone groups is 1. The topological polar surface area (TPSA) is 50.7 Å². The summed E-state index contributed by atoms with van der Waals surface area (Å²) in [7, 11) is 0. The first-order valence-electron chi connectivity index (χ1n) is 8.53. The van der Waals surface area contributed by atoms with Gasteiger partial charge in [-0.05, 0) is 35.4 Å². The lowest BCUT2D eigenvalue weighted by atomic mass is 10.1. The minimum Gasteiger partial charge on any atom is -0.489 e. The highest BCUT2D eigenvalue weighted by atomic mass is 35.5. The molecular formula is C22H19ClN2O2. The van der Waals surface area contributed by atoms with Crippen molar-refractivity contribution in [1.82, 2.24) is 5.43 Å². The van der Waals surface area contributed by atoms with Gasteiger partial charge in [-0.25, -0.2) is 5.43 Å². The van der Waals surface area contributed by atoms with E-state index in [1.165, 1.54) is 0 Å². The zero-order valence-corrected chi connectivity index (χ0v) is 15.4. The van der Waals surface area contributed by atoms with E-state index in [4.69, 9.17) is 16.3 Å². The molecule has 1 N–H and O–H groups in total. The van der Waals surface area contributed by atoms with E-state index in [-0.39, 0.29) is 12.3 Å². The number of hydrogen-bond acceptors (Lipinski definition) is 3. The first-order chi connectivity index (χ1) is 13.2. The highest BCUT2D eigenvalue weighted by Crippen LogP contribution is 2.14. The zero-order chi connectivity index (χ0) is 18.9. The minimum absolute atomic E-state index is 0.188. The largest absolute Gasteiger partial charge is 0.489 e. The van der Waals surface area contributed by atoms with Crippen LogP contribution in [0.3, 0.4) is 0 Å². The molecule has 0 aliphatic rings. The Kier molecular flexibility index (Phi) is 6.61. The summed E-state index contributed by atoms with van der Waals surface area (Å²) in [4.78, 5) is 12.0. The van der Waals surface area contributed by atoms with Crippen LogP contribution in [0.2, 0.25) is 5.02 Å². The monoisotopic (exact) mass is 378 g/mol. The van der Waals surface area contributed by atoms with Gasteiger partial charge in [0.1, 0.15) is 12.4 Å². The lowest BCUT2D eigenvalue weighted by Gasteiger charge is -2.08. The lowest BCUT2D eigenvalue weighted by Crippen LogP contribution is -2.19. The Balaban J connectivity index is 1.56. The molecule has 0 aliphatic heterocycles. The van der Waals surface area contributed by atoms with E-state index in [2.05, 4.69) is 10.5 Å². The molecule has 0 aliphatic carbocycles. The molecular weight excluding hydrogens is 360 g/mol. The molecule has 136 valence electrons. The molecule has 1 amide bonds. The molecule has 0 aromatic heterocycles. The number of benzene rings is 3. The predicted molar refractivity (Wildman–Crippen MR) is 108 cm³/mol. The lowest BCUT2D eigenvalue weighted by molar-refractivity contribution is -0.120. The van der Waals surface area contributed by atoms with Crippen LogP contribution in [0.5, 0.6) is 5.75 Å². The second-order valence-electron chi connectivity index (χ2n) is 5.90. The number of carbonyl (C=O) groups excluding carboxylic acids is 1. The molecule has 3 rings (SSSR count). The number of rotatable bonds is 7. The number of nitrogens with one attached hydrogen (secondary N) is 1. The summed E-state index contributed by atoms with van der Waals surface area (Å²) in [6.45, 7) is 0.422. The van der Waals surface area contributed by atoms with Crippen LogP contribution in [-0.4, -0.2) is 12.1 Å². The fourth-order valence-electron chi connectivity index (χ4n) is 2.47. The number of halogens is 1. The van der Waals surface area contributed by atoms with Gasteiger partial charge in [-0.3, -0.25) is 4.79 Å². The molecule has 4 nitrogen and oxygen atoms in total. The molecule has 5 heteroatoms. The van der Waals surface area contributed by atoms with Gasteiger partial charge < -0.3 is 4.74 Å². The Morgan fingerprint density at radius 1 is 0.963 bits per heavy atom. The van der Waals surface area contributed by atoms with Crippen molar-refractivity contribution in [2.75, 3.05) is 0 Å². The quantitative estimate of drug-likeness (QED) is 0.482. The van der Waals surface area contributed by atoms with Gasteiger partial charge in [-0.15, -0.1) is 0 Å². The van der Waals surface area contributed by atoms with Crippen molar-refractivity contribution in [3.63, 3.8) is 0 Å². The highest BCUT2D eigenvalue weighted by Gasteiger charge is 2.03. The minimum atomic E-state index is -0.188. The normalized spacial score (nSPS) is 10.7. The maximum atomic E-state index is 12.0. The van der Waals surface area contributed by atoms with Crippen LogP contribution in [0.4, 0.5) is 0 Å². The molecule has 0 saturated carbocycles. The third-order valence-electron chi connectivity index (χ3n) is 3.86. The Morgan fingerprint density at radius 2 is 1.67 bits per heavy atom. The van der Waals surface area contributed by atoms with E-state index in [9.17, 15) is 4.79 Å². The number of ether oxygens (including phenoxy) is 1. The molecule has 0 unspecified atom stereocenters. The third-order valence-corrected chi connectivity index (χ3v) is 4.12. The van der Waals surface area contributed by atoms with Crippen molar-refractivity contribution in [1.29, 1.82) is 0 Å². The van der Waals surface area contributed by atoms with Crippen molar-refractivity contribution in [3.8, 4) is 5.75 Å². The number of nitrogens with zero attached hydrogens (tertiary/aromatic N) is 1. The van der Waals surface area contributed by atoms with Crippen LogP contribution in [0, 0.1) is 0 Å². The Hall–Kier alpha value is -3.11. The molecule has 27 heavy (non-hydrogen) atoms. The molecule has 0 spiro atoms. The third kappa shape index (κ3) is 5.97. The van der Waals surface area contributed by atoms with Crippen LogP contribution in [0.15, 0.2) is 84.0 Å². The standard InChI is InChI=1S/C22H19ClN2O2/c23-20-12-10-17(11-13-20)14-22(26)25-24-15-18-6-4-5-7-19(18)16-27-21-8-2-1-3-9-21/h1-13,15H,14,16H2,(H,25,26)/b24-15-. The van der Waals surface area contributed by atoms with E-state index in [0.29, 0.717) is 11.6 Å². The number of amides is 1. The summed E-state index contributed by atoms with van der Waals surface area (Å²) in [5.74, 6) is 0.618. The maximum Gasteiger partial charge on any atom is 0.244 e. The van der Waals surface area contributed by atoms with Crippen LogP contribution in [0.25, 0.3) is 0 Å². The first-order valence-corrected chi connectivity index (χ1v) is 8.90. The zero-order valence-electron chi connectivity index (χ0n) is 14.6. The predicted octanol–water partition coefficient (Wildman–Crippen LogP) is 4.61. The molecule has 0 heterocycles. The fraction of sp³-hybridized carbons (Fsp3) is 0.0909. The van der Waals surface area contributed by atoms with Crippen molar-refractivity contribution in [2.45, 2.75) is 13.0 Å². The molecule has 3 aromatic rings. The van der Waals surface area contributed by atoms with Crippen molar-refractivity contribution >= 4 is 23.7 Å². The Morgan fingerprint density at radius 3 is 2.44 bits per heavy atom. The highest BCUT2D eigenvalue weighted by molar-refractivity contribution is 6.30. The smallest absolute Gasteiger partial charge is 0.244 e. The van der Waals surface area contributed by atoms with Crippen LogP contribution in [0.1, 0.15) is 16.7 Å². The molecule has 0 bridgehead atoms. The fourth-order valence-corrected chi connectivity index (χ4v) is 2.60. The Bertz CT molecular complexity index is 909. The maximum absolute atomic E-state index is 12.0. The first kappa shape index (κ1) is 18.7. The van der Waals surface area contributed by atoms with Gasteiger partial charge in [-0.1, -0.05) is 66.2 Å². The van der Waals surface area contributed by atoms with Gasteiger partial charge in [-0.2, -0.15) is 5.10 Å². The molecule has 3 aromatic carbocycles. The average molecular weight is 379 g/mol. The van der Waals surface area contributed by atoms with Crippen molar-refractivity contribution in [2.24, 2.45) is 5.10 Å². The second kappa shape index (κ2) is 9.55. The van der Waals surface area contributed by atoms with Gasteiger partial charge in [0.2, 0.25) is 5.91 Å². The average Bonchev–Trinajstić information content (AvgIpc) is 2.70. The van der Waals surface area contributed by atoms with Crippen molar-refractivity contribution in [3.05, 3.63) is 101 Å². The van der Waals surface area contributed by atoms with Gasteiger partial charge in [0.15, 0.2) is 0 Å². The van der Waals surface area contributed by atoms with E-state index < -0.39 is 0 Å². The van der Waals surface area contributed by atoms with Crippen LogP contribution >= 0.6 is 11.6 Å². The summed E-state index contributed by atoms with van der Waals surface area (Å²) in [5, 5.41) is 4.71. The van der Waals surface area contributed by atoms with Gasteiger partial charge in [0.25, 0.3) is 0 Å². The molecule has 0 saturated heterocycles. The van der Waals surface area contributed by atoms with Crippen LogP contribution in [-0.2, 0) is 17.8 Å². The molecule has 0 radical (unpaired) electrons. The summed E-state index contributed by atoms with van der Waals surface area (Å²) in [6, 6.07) is 24.6. The molecule has 0 atom stereocenters. The summed E-state index contributed by atoms with van der Waals surface area (Å²) >= 11 is 5.84. The Labute approximate surface area is 163 Å². The van der Waals surface area contributed by atoms with Gasteiger partial charge in [0, 0.05) is 10.6 Å². The SMILES string of the molecule is O=C(Cc1ccc(Cl)cc1)N/N=C\c1ccccc1COc1ccccc1.